The summed E-state index contributed by atoms with van der Waals surface area (Å²) in [5, 5.41) is 0. The average Bonchev–Trinajstić information content (AvgIpc) is 2.46. The van der Waals surface area contributed by atoms with Gasteiger partial charge >= 0.3 is 11.0 Å². The molecule has 0 aromatic heterocycles. The first-order valence-electron chi connectivity index (χ1n) is 7.75. The van der Waals surface area contributed by atoms with Gasteiger partial charge in [0.05, 0.1) is 26.2 Å². The molecule has 0 aliphatic carbocycles. The van der Waals surface area contributed by atoms with Crippen LogP contribution in [0.25, 0.3) is 4.13 Å². The molecule has 0 atom stereocenters. The van der Waals surface area contributed by atoms with E-state index in [9.17, 15) is 43.2 Å². The van der Waals surface area contributed by atoms with Crippen LogP contribution in [0.3, 0.4) is 0 Å². The highest BCUT2D eigenvalue weighted by atomic mass is 32.3. The van der Waals surface area contributed by atoms with E-state index >= 15 is 0 Å². The molecule has 0 saturated carbocycles. The third-order valence-electron chi connectivity index (χ3n) is 3.91. The third-order valence-corrected chi connectivity index (χ3v) is 6.65. The lowest BCUT2D eigenvalue weighted by Gasteiger charge is -2.40. The Labute approximate surface area is 149 Å². The number of likely N-dealkylation sites (tertiary alicyclic amines) is 1. The summed E-state index contributed by atoms with van der Waals surface area (Å²) < 4.78 is 111. The standard InChI is InChI=1S/C10H22N.C2F6NO4S2/c1-3-8-11(4-2)9-6-5-7-10-11;3-1(4,5)14(10,11)9-15(12,13)2(6,7)8/h3-10H2,1-2H3;/q+1;-1. The number of sulfonamides is 2. The van der Waals surface area contributed by atoms with Gasteiger partial charge in [-0.2, -0.15) is 26.3 Å². The van der Waals surface area contributed by atoms with Crippen molar-refractivity contribution >= 4 is 20.0 Å². The minimum Gasteiger partial charge on any atom is -0.421 e. The van der Waals surface area contributed by atoms with Crippen molar-refractivity contribution in [2.24, 2.45) is 0 Å². The zero-order chi connectivity index (χ0) is 20.9. The first kappa shape index (κ1) is 25.4. The van der Waals surface area contributed by atoms with Crippen molar-refractivity contribution in [3.63, 3.8) is 0 Å². The van der Waals surface area contributed by atoms with Crippen LogP contribution in [0, 0.1) is 0 Å². The molecular weight excluding hydrogens is 414 g/mol. The highest BCUT2D eigenvalue weighted by Crippen LogP contribution is 2.36. The first-order valence-corrected chi connectivity index (χ1v) is 10.6. The van der Waals surface area contributed by atoms with E-state index in [-0.39, 0.29) is 0 Å². The zero-order valence-electron chi connectivity index (χ0n) is 14.3. The SMILES string of the molecule is CCC[N+]1(CC)CCCCC1.O=S(=O)([N-]S(=O)(=O)C(F)(F)F)C(F)(F)F. The molecule has 158 valence electrons. The molecule has 0 aromatic rings. The number of nitrogens with zero attached hydrogens (tertiary/aromatic N) is 2. The Balaban J connectivity index is 0.000000502. The van der Waals surface area contributed by atoms with Gasteiger partial charge < -0.3 is 8.61 Å². The zero-order valence-corrected chi connectivity index (χ0v) is 15.9. The topological polar surface area (TPSA) is 82.4 Å². The maximum atomic E-state index is 11.4. The Morgan fingerprint density at radius 2 is 1.19 bits per heavy atom. The molecule has 14 heteroatoms. The van der Waals surface area contributed by atoms with Crippen molar-refractivity contribution < 1.29 is 47.7 Å². The summed E-state index contributed by atoms with van der Waals surface area (Å²) in [4.78, 5) is 0. The van der Waals surface area contributed by atoms with Gasteiger partial charge in [0, 0.05) is 0 Å². The number of halogens is 6. The Kier molecular flexibility index (Phi) is 8.85. The highest BCUT2D eigenvalue weighted by molar-refractivity contribution is 8.13. The number of quaternary nitrogens is 1. The van der Waals surface area contributed by atoms with Gasteiger partial charge in [-0.15, -0.1) is 0 Å². The van der Waals surface area contributed by atoms with E-state index in [1.807, 2.05) is 0 Å². The minimum atomic E-state index is -6.72. The summed E-state index contributed by atoms with van der Waals surface area (Å²) in [6, 6.07) is 0. The van der Waals surface area contributed by atoms with Gasteiger partial charge in [0.15, 0.2) is 20.0 Å². The molecule has 0 spiro atoms. The summed E-state index contributed by atoms with van der Waals surface area (Å²) in [7, 11) is -13.4. The molecule has 1 aliphatic heterocycles. The van der Waals surface area contributed by atoms with Gasteiger partial charge in [-0.05, 0) is 32.6 Å². The van der Waals surface area contributed by atoms with Crippen molar-refractivity contribution in [1.82, 2.24) is 0 Å². The number of hydrogen-bond acceptors (Lipinski definition) is 4. The molecule has 1 rings (SSSR count). The van der Waals surface area contributed by atoms with E-state index in [0.717, 1.165) is 4.13 Å². The summed E-state index contributed by atoms with van der Waals surface area (Å²) >= 11 is 0. The van der Waals surface area contributed by atoms with Crippen molar-refractivity contribution in [3.05, 3.63) is 4.13 Å². The summed E-state index contributed by atoms with van der Waals surface area (Å²) in [5.74, 6) is 0. The van der Waals surface area contributed by atoms with E-state index in [1.54, 1.807) is 0 Å². The van der Waals surface area contributed by atoms with E-state index in [0.29, 0.717) is 0 Å². The van der Waals surface area contributed by atoms with Gasteiger partial charge in [-0.1, -0.05) is 6.92 Å². The molecule has 0 N–H and O–H groups in total. The number of alkyl halides is 6. The predicted octanol–water partition coefficient (Wildman–Crippen LogP) is 3.48. The largest absolute Gasteiger partial charge is 0.480 e. The fourth-order valence-electron chi connectivity index (χ4n) is 2.57. The lowest BCUT2D eigenvalue weighted by molar-refractivity contribution is -0.930. The fraction of sp³-hybridized carbons (Fsp3) is 1.00. The Morgan fingerprint density at radius 3 is 1.46 bits per heavy atom. The molecule has 0 radical (unpaired) electrons. The van der Waals surface area contributed by atoms with Crippen molar-refractivity contribution in [3.8, 4) is 0 Å². The lowest BCUT2D eigenvalue weighted by atomic mass is 10.1. The smallest absolute Gasteiger partial charge is 0.421 e. The monoisotopic (exact) mass is 436 g/mol. The molecule has 0 unspecified atom stereocenters. The van der Waals surface area contributed by atoms with Crippen molar-refractivity contribution in [2.75, 3.05) is 26.2 Å². The summed E-state index contributed by atoms with van der Waals surface area (Å²) in [6.45, 7) is 10.3. The van der Waals surface area contributed by atoms with Crippen molar-refractivity contribution in [2.45, 2.75) is 50.5 Å². The summed E-state index contributed by atoms with van der Waals surface area (Å²) in [6.07, 6.45) is 5.76. The van der Waals surface area contributed by atoms with Crippen LogP contribution < -0.4 is 0 Å². The van der Waals surface area contributed by atoms with Crippen molar-refractivity contribution in [1.29, 1.82) is 0 Å². The predicted molar refractivity (Wildman–Crippen MR) is 82.9 cm³/mol. The molecule has 1 fully saturated rings. The quantitative estimate of drug-likeness (QED) is 0.488. The van der Waals surface area contributed by atoms with Crippen LogP contribution in [0.2, 0.25) is 0 Å². The van der Waals surface area contributed by atoms with Crippen LogP contribution in [-0.4, -0.2) is 58.5 Å². The maximum Gasteiger partial charge on any atom is 0.480 e. The minimum absolute atomic E-state index is 0.778. The van der Waals surface area contributed by atoms with E-state index in [1.165, 1.54) is 56.3 Å². The second-order valence-electron chi connectivity index (χ2n) is 5.81. The molecule has 1 saturated heterocycles. The van der Waals surface area contributed by atoms with Crippen LogP contribution in [0.15, 0.2) is 0 Å². The lowest BCUT2D eigenvalue weighted by Crippen LogP contribution is -2.51. The normalized spacial score (nSPS) is 18.8. The molecule has 1 heterocycles. The summed E-state index contributed by atoms with van der Waals surface area (Å²) in [5.41, 5.74) is -12.4. The van der Waals surface area contributed by atoms with Gasteiger partial charge in [-0.25, -0.2) is 16.8 Å². The van der Waals surface area contributed by atoms with Crippen LogP contribution in [0.4, 0.5) is 26.3 Å². The molecule has 0 amide bonds. The van der Waals surface area contributed by atoms with E-state index < -0.39 is 31.1 Å². The second-order valence-corrected chi connectivity index (χ2v) is 9.23. The second kappa shape index (κ2) is 9.06. The fourth-order valence-corrected chi connectivity index (χ4v) is 4.28. The molecular formula is C12H22F6N2O4S2. The molecule has 6 nitrogen and oxygen atoms in total. The van der Waals surface area contributed by atoms with E-state index in [2.05, 4.69) is 13.8 Å². The van der Waals surface area contributed by atoms with Crippen LogP contribution in [-0.2, 0) is 20.0 Å². The molecule has 26 heavy (non-hydrogen) atoms. The van der Waals surface area contributed by atoms with Crippen LogP contribution in [0.5, 0.6) is 0 Å². The highest BCUT2D eigenvalue weighted by Gasteiger charge is 2.46. The van der Waals surface area contributed by atoms with Gasteiger partial charge in [0.1, 0.15) is 0 Å². The van der Waals surface area contributed by atoms with Gasteiger partial charge in [-0.3, -0.25) is 0 Å². The Hall–Kier alpha value is -0.600. The number of hydrogen-bond donors (Lipinski definition) is 0. The molecule has 0 bridgehead atoms. The Morgan fingerprint density at radius 1 is 0.808 bits per heavy atom. The molecule has 0 aromatic carbocycles. The average molecular weight is 436 g/mol. The van der Waals surface area contributed by atoms with Crippen LogP contribution >= 0.6 is 0 Å². The van der Waals surface area contributed by atoms with Gasteiger partial charge in [0.2, 0.25) is 0 Å². The van der Waals surface area contributed by atoms with E-state index in [4.69, 9.17) is 0 Å². The first-order chi connectivity index (χ1) is 11.5. The number of rotatable bonds is 5. The van der Waals surface area contributed by atoms with Crippen LogP contribution in [0.1, 0.15) is 39.5 Å². The third kappa shape index (κ3) is 7.19. The molecule has 1 aliphatic rings. The maximum absolute atomic E-state index is 11.4. The number of piperidine rings is 1. The Bertz CT molecular complexity index is 590. The van der Waals surface area contributed by atoms with Gasteiger partial charge in [0.25, 0.3) is 0 Å².